The smallest absolute Gasteiger partial charge is 0.327 e. The lowest BCUT2D eigenvalue weighted by Crippen LogP contribution is -2.52. The van der Waals surface area contributed by atoms with Gasteiger partial charge in [-0.1, -0.05) is 11.6 Å². The van der Waals surface area contributed by atoms with Gasteiger partial charge in [-0.25, -0.2) is 19.2 Å². The van der Waals surface area contributed by atoms with E-state index >= 15 is 0 Å². The Hall–Kier alpha value is -2.66. The van der Waals surface area contributed by atoms with Crippen LogP contribution in [0.15, 0.2) is 24.5 Å². The summed E-state index contributed by atoms with van der Waals surface area (Å²) in [6.45, 7) is 7.46. The molecule has 0 saturated carbocycles. The van der Waals surface area contributed by atoms with Crippen LogP contribution >= 0.6 is 22.9 Å². The van der Waals surface area contributed by atoms with Crippen molar-refractivity contribution in [1.82, 2.24) is 25.1 Å². The van der Waals surface area contributed by atoms with Crippen molar-refractivity contribution in [3.8, 4) is 11.3 Å². The molecule has 2 aliphatic heterocycles. The zero-order valence-electron chi connectivity index (χ0n) is 21.7. The molecule has 1 aromatic carbocycles. The molecule has 2 aromatic heterocycles. The number of carbonyl (C=O) groups is 2. The van der Waals surface area contributed by atoms with Crippen LogP contribution in [0.3, 0.4) is 0 Å². The van der Waals surface area contributed by atoms with Gasteiger partial charge >= 0.3 is 6.03 Å². The van der Waals surface area contributed by atoms with Gasteiger partial charge < -0.3 is 15.0 Å². The first-order valence-electron chi connectivity index (χ1n) is 12.7. The number of urea groups is 1. The van der Waals surface area contributed by atoms with Crippen molar-refractivity contribution in [2.45, 2.75) is 51.9 Å². The highest BCUT2D eigenvalue weighted by Gasteiger charge is 2.33. The molecule has 0 spiro atoms. The van der Waals surface area contributed by atoms with E-state index in [1.807, 2.05) is 25.1 Å². The molecular formula is C27H31ClFN5O3S. The van der Waals surface area contributed by atoms with E-state index in [9.17, 15) is 14.0 Å². The van der Waals surface area contributed by atoms with Gasteiger partial charge in [0.1, 0.15) is 13.0 Å². The molecule has 2 fully saturated rings. The third-order valence-electron chi connectivity index (χ3n) is 6.96. The summed E-state index contributed by atoms with van der Waals surface area (Å²) in [5.74, 6) is -0.259. The Morgan fingerprint density at radius 2 is 2.08 bits per heavy atom. The number of alkyl halides is 1. The van der Waals surface area contributed by atoms with Crippen LogP contribution in [0.4, 0.5) is 9.18 Å². The zero-order chi connectivity index (χ0) is 27.0. The van der Waals surface area contributed by atoms with Gasteiger partial charge in [0.2, 0.25) is 5.91 Å². The SMILES string of the molecule is Cc1cc(Cl)cc(-c2ncnc3cc(CN4C(=O)CCN(CCF)C4=O)sc23)c1C[C@@H]1CNCC(C)(C)O1. The second kappa shape index (κ2) is 10.8. The summed E-state index contributed by atoms with van der Waals surface area (Å²) in [4.78, 5) is 37.8. The van der Waals surface area contributed by atoms with Crippen LogP contribution in [-0.4, -0.2) is 76.3 Å². The highest BCUT2D eigenvalue weighted by Crippen LogP contribution is 2.38. The number of imide groups is 1. The highest BCUT2D eigenvalue weighted by molar-refractivity contribution is 7.19. The molecule has 8 nitrogen and oxygen atoms in total. The number of morpholine rings is 1. The monoisotopic (exact) mass is 559 g/mol. The van der Waals surface area contributed by atoms with Crippen LogP contribution in [0, 0.1) is 6.92 Å². The molecule has 0 radical (unpaired) electrons. The van der Waals surface area contributed by atoms with Crippen molar-refractivity contribution in [2.75, 3.05) is 32.9 Å². The minimum atomic E-state index is -0.642. The third-order valence-corrected chi connectivity index (χ3v) is 8.30. The van der Waals surface area contributed by atoms with Crippen LogP contribution in [-0.2, 0) is 22.5 Å². The minimum absolute atomic E-state index is 0.00278. The zero-order valence-corrected chi connectivity index (χ0v) is 23.3. The number of rotatable bonds is 7. The lowest BCUT2D eigenvalue weighted by molar-refractivity contribution is -0.131. The molecule has 3 aromatic rings. The van der Waals surface area contributed by atoms with Crippen molar-refractivity contribution >= 4 is 45.1 Å². The maximum Gasteiger partial charge on any atom is 0.327 e. The molecule has 5 rings (SSSR count). The third kappa shape index (κ3) is 5.54. The van der Waals surface area contributed by atoms with Gasteiger partial charge in [-0.3, -0.25) is 9.69 Å². The molecule has 38 heavy (non-hydrogen) atoms. The maximum atomic E-state index is 12.9. The molecule has 2 saturated heterocycles. The number of hydrogen-bond acceptors (Lipinski definition) is 7. The van der Waals surface area contributed by atoms with Crippen molar-refractivity contribution in [3.05, 3.63) is 45.6 Å². The normalized spacial score (nSPS) is 20.0. The topological polar surface area (TPSA) is 87.7 Å². The van der Waals surface area contributed by atoms with Crippen LogP contribution in [0.5, 0.6) is 0 Å². The maximum absolute atomic E-state index is 12.9. The van der Waals surface area contributed by atoms with E-state index in [0.29, 0.717) is 11.4 Å². The number of ether oxygens (including phenoxy) is 1. The van der Waals surface area contributed by atoms with E-state index in [-0.39, 0.29) is 43.7 Å². The van der Waals surface area contributed by atoms with Crippen molar-refractivity contribution in [2.24, 2.45) is 0 Å². The number of nitrogens with zero attached hydrogens (tertiary/aromatic N) is 4. The van der Waals surface area contributed by atoms with Gasteiger partial charge in [-0.2, -0.15) is 0 Å². The number of aromatic nitrogens is 2. The standard InChI is InChI=1S/C27H31ClFN5O3S/c1-16-8-17(28)9-21(20(16)10-18-12-30-14-27(2,3)37-18)24-25-22(31-15-32-24)11-19(38-25)13-34-23(35)4-6-33(7-5-29)26(34)36/h8-9,11,15,18,30H,4-7,10,12-14H2,1-3H3/t18-/m1/s1. The number of nitrogens with one attached hydrogen (secondary N) is 1. The molecule has 11 heteroatoms. The number of halogens is 2. The summed E-state index contributed by atoms with van der Waals surface area (Å²) >= 11 is 7.97. The average molecular weight is 560 g/mol. The Labute approximate surface area is 230 Å². The van der Waals surface area contributed by atoms with E-state index in [1.54, 1.807) is 0 Å². The fourth-order valence-electron chi connectivity index (χ4n) is 5.20. The van der Waals surface area contributed by atoms with Gasteiger partial charge in [0, 0.05) is 47.9 Å². The van der Waals surface area contributed by atoms with E-state index in [0.717, 1.165) is 50.6 Å². The molecular weight excluding hydrogens is 529 g/mol. The first-order chi connectivity index (χ1) is 18.1. The lowest BCUT2D eigenvalue weighted by atomic mass is 9.93. The van der Waals surface area contributed by atoms with E-state index in [1.165, 1.54) is 27.5 Å². The Balaban J connectivity index is 1.49. The summed E-state index contributed by atoms with van der Waals surface area (Å²) in [7, 11) is 0. The summed E-state index contributed by atoms with van der Waals surface area (Å²) in [5, 5.41) is 4.08. The lowest BCUT2D eigenvalue weighted by Gasteiger charge is -2.37. The van der Waals surface area contributed by atoms with E-state index in [4.69, 9.17) is 16.3 Å². The molecule has 3 amide bonds. The molecule has 1 N–H and O–H groups in total. The van der Waals surface area contributed by atoms with Crippen molar-refractivity contribution < 1.29 is 18.7 Å². The van der Waals surface area contributed by atoms with Crippen LogP contribution < -0.4 is 5.32 Å². The molecule has 2 aliphatic rings. The van der Waals surface area contributed by atoms with Gasteiger partial charge in [0.15, 0.2) is 0 Å². The van der Waals surface area contributed by atoms with Crippen LogP contribution in [0.2, 0.25) is 5.02 Å². The summed E-state index contributed by atoms with van der Waals surface area (Å²) < 4.78 is 20.1. The van der Waals surface area contributed by atoms with Gasteiger partial charge in [0.05, 0.1) is 40.7 Å². The summed E-state index contributed by atoms with van der Waals surface area (Å²) in [6, 6.07) is 5.31. The molecule has 0 unspecified atom stereocenters. The predicted molar refractivity (Wildman–Crippen MR) is 146 cm³/mol. The van der Waals surface area contributed by atoms with Crippen molar-refractivity contribution in [1.29, 1.82) is 0 Å². The Morgan fingerprint density at radius 1 is 1.26 bits per heavy atom. The minimum Gasteiger partial charge on any atom is -0.369 e. The quantitative estimate of drug-likeness (QED) is 0.449. The molecule has 0 aliphatic carbocycles. The number of carbonyl (C=O) groups excluding carboxylic acids is 2. The Kier molecular flexibility index (Phi) is 7.68. The Bertz CT molecular complexity index is 1380. The fraction of sp³-hybridized carbons (Fsp3) is 0.481. The van der Waals surface area contributed by atoms with Crippen LogP contribution in [0.1, 0.15) is 36.3 Å². The summed E-state index contributed by atoms with van der Waals surface area (Å²) in [6.07, 6.45) is 2.40. The number of fused-ring (bicyclic) bond motifs is 1. The summed E-state index contributed by atoms with van der Waals surface area (Å²) in [5.41, 5.74) is 4.31. The number of aryl methyl sites for hydroxylation is 1. The van der Waals surface area contributed by atoms with E-state index in [2.05, 4.69) is 29.1 Å². The number of thiophene rings is 1. The molecule has 4 heterocycles. The highest BCUT2D eigenvalue weighted by atomic mass is 35.5. The largest absolute Gasteiger partial charge is 0.369 e. The van der Waals surface area contributed by atoms with Crippen molar-refractivity contribution in [3.63, 3.8) is 0 Å². The number of hydrogen-bond donors (Lipinski definition) is 1. The number of amides is 3. The molecule has 202 valence electrons. The van der Waals surface area contributed by atoms with Gasteiger partial charge in [-0.05, 0) is 50.1 Å². The molecule has 1 atom stereocenters. The Morgan fingerprint density at radius 3 is 2.84 bits per heavy atom. The van der Waals surface area contributed by atoms with E-state index < -0.39 is 12.7 Å². The first-order valence-corrected chi connectivity index (χ1v) is 13.9. The predicted octanol–water partition coefficient (Wildman–Crippen LogP) is 4.75. The second-order valence-corrected chi connectivity index (χ2v) is 12.0. The fourth-order valence-corrected chi connectivity index (χ4v) is 6.57. The number of benzene rings is 1. The van der Waals surface area contributed by atoms with Gasteiger partial charge in [0.25, 0.3) is 0 Å². The van der Waals surface area contributed by atoms with Gasteiger partial charge in [-0.15, -0.1) is 11.3 Å². The molecule has 0 bridgehead atoms. The van der Waals surface area contributed by atoms with Crippen LogP contribution in [0.25, 0.3) is 21.5 Å². The first kappa shape index (κ1) is 26.9. The average Bonchev–Trinajstić information content (AvgIpc) is 3.27. The second-order valence-electron chi connectivity index (χ2n) is 10.4.